The van der Waals surface area contributed by atoms with Crippen molar-refractivity contribution in [2.24, 2.45) is 0 Å². The molecule has 0 bridgehead atoms. The lowest BCUT2D eigenvalue weighted by Gasteiger charge is -2.16. The average Bonchev–Trinajstić information content (AvgIpc) is 3.34. The summed E-state index contributed by atoms with van der Waals surface area (Å²) in [4.78, 5) is 19.2. The molecule has 3 aromatic rings. The monoisotopic (exact) mass is 470 g/mol. The summed E-state index contributed by atoms with van der Waals surface area (Å²) >= 11 is 6.14. The Morgan fingerprint density at radius 1 is 1.03 bits per heavy atom. The minimum Gasteiger partial charge on any atom is -0.357 e. The summed E-state index contributed by atoms with van der Waals surface area (Å²) in [7, 11) is -3.91. The fourth-order valence-electron chi connectivity index (χ4n) is 3.50. The average molecular weight is 471 g/mol. The highest BCUT2D eigenvalue weighted by atomic mass is 35.5. The molecule has 166 valence electrons. The lowest BCUT2D eigenvalue weighted by molar-refractivity contribution is 0.102. The van der Waals surface area contributed by atoms with Crippen LogP contribution in [0.4, 0.5) is 11.5 Å². The lowest BCUT2D eigenvalue weighted by atomic mass is 10.2. The quantitative estimate of drug-likeness (QED) is 0.543. The van der Waals surface area contributed by atoms with Crippen LogP contribution in [0.25, 0.3) is 0 Å². The largest absolute Gasteiger partial charge is 0.357 e. The predicted octanol–water partition coefficient (Wildman–Crippen LogP) is 4.07. The van der Waals surface area contributed by atoms with Crippen molar-refractivity contribution in [2.45, 2.75) is 24.3 Å². The van der Waals surface area contributed by atoms with Gasteiger partial charge in [0.25, 0.3) is 5.91 Å². The third-order valence-electron chi connectivity index (χ3n) is 5.23. The number of halogens is 1. The summed E-state index contributed by atoms with van der Waals surface area (Å²) in [5.74, 6) is 0.432. The van der Waals surface area contributed by atoms with Crippen LogP contribution < -0.4 is 14.9 Å². The van der Waals surface area contributed by atoms with Crippen molar-refractivity contribution in [3.05, 3.63) is 83.0 Å². The summed E-state index contributed by atoms with van der Waals surface area (Å²) in [6.45, 7) is 2.09. The van der Waals surface area contributed by atoms with Gasteiger partial charge in [0.15, 0.2) is 0 Å². The third-order valence-corrected chi connectivity index (χ3v) is 7.11. The van der Waals surface area contributed by atoms with Gasteiger partial charge in [-0.3, -0.25) is 4.79 Å². The van der Waals surface area contributed by atoms with Gasteiger partial charge in [-0.25, -0.2) is 18.1 Å². The molecule has 0 unspecified atom stereocenters. The zero-order valence-electron chi connectivity index (χ0n) is 17.3. The number of anilines is 2. The van der Waals surface area contributed by atoms with Gasteiger partial charge in [0, 0.05) is 25.2 Å². The highest BCUT2D eigenvalue weighted by Crippen LogP contribution is 2.24. The second-order valence-electron chi connectivity index (χ2n) is 7.51. The number of carbonyl (C=O) groups is 1. The first-order valence-electron chi connectivity index (χ1n) is 10.3. The Morgan fingerprint density at radius 2 is 1.78 bits per heavy atom. The Kier molecular flexibility index (Phi) is 6.74. The van der Waals surface area contributed by atoms with Gasteiger partial charge < -0.3 is 10.2 Å². The van der Waals surface area contributed by atoms with Crippen molar-refractivity contribution in [2.75, 3.05) is 23.3 Å². The zero-order chi connectivity index (χ0) is 22.6. The Balaban J connectivity index is 1.47. The molecular formula is C23H23ClN4O3S. The zero-order valence-corrected chi connectivity index (χ0v) is 18.9. The fraction of sp³-hybridized carbons (Fsp3) is 0.217. The van der Waals surface area contributed by atoms with Gasteiger partial charge in [-0.2, -0.15) is 0 Å². The number of carbonyl (C=O) groups excluding carboxylic acids is 1. The number of hydrogen-bond acceptors (Lipinski definition) is 5. The first kappa shape index (κ1) is 22.3. The van der Waals surface area contributed by atoms with Crippen LogP contribution >= 0.6 is 11.6 Å². The number of nitrogens with zero attached hydrogens (tertiary/aromatic N) is 2. The van der Waals surface area contributed by atoms with E-state index in [1.54, 1.807) is 12.3 Å². The van der Waals surface area contributed by atoms with Gasteiger partial charge in [-0.15, -0.1) is 0 Å². The minimum absolute atomic E-state index is 0.0405. The van der Waals surface area contributed by atoms with Crippen LogP contribution in [0.1, 0.15) is 28.8 Å². The number of rotatable bonds is 7. The first-order chi connectivity index (χ1) is 15.4. The molecule has 9 heteroatoms. The molecule has 0 radical (unpaired) electrons. The lowest BCUT2D eigenvalue weighted by Crippen LogP contribution is -2.24. The van der Waals surface area contributed by atoms with Crippen LogP contribution in [0.5, 0.6) is 0 Å². The number of aromatic nitrogens is 1. The number of sulfonamides is 1. The van der Waals surface area contributed by atoms with Crippen LogP contribution in [0.15, 0.2) is 71.8 Å². The summed E-state index contributed by atoms with van der Waals surface area (Å²) in [5.41, 5.74) is 1.52. The van der Waals surface area contributed by atoms with Gasteiger partial charge in [0.1, 0.15) is 10.7 Å². The van der Waals surface area contributed by atoms with Crippen LogP contribution in [0, 0.1) is 0 Å². The van der Waals surface area contributed by atoms with Crippen LogP contribution in [-0.4, -0.2) is 32.4 Å². The Hall–Kier alpha value is -2.94. The minimum atomic E-state index is -3.91. The van der Waals surface area contributed by atoms with E-state index >= 15 is 0 Å². The Labute approximate surface area is 192 Å². The van der Waals surface area contributed by atoms with Crippen molar-refractivity contribution in [1.82, 2.24) is 9.71 Å². The molecule has 7 nitrogen and oxygen atoms in total. The fourth-order valence-corrected chi connectivity index (χ4v) is 5.04. The third kappa shape index (κ3) is 5.27. The molecule has 0 atom stereocenters. The maximum atomic E-state index is 12.8. The molecule has 1 aliphatic rings. The molecule has 0 spiro atoms. The Bertz CT molecular complexity index is 1200. The first-order valence-corrected chi connectivity index (χ1v) is 12.1. The van der Waals surface area contributed by atoms with Crippen molar-refractivity contribution in [3.63, 3.8) is 0 Å². The van der Waals surface area contributed by atoms with Crippen molar-refractivity contribution >= 4 is 39.0 Å². The molecule has 2 heterocycles. The molecular weight excluding hydrogens is 448 g/mol. The number of hydrogen-bond donors (Lipinski definition) is 2. The molecule has 2 N–H and O–H groups in total. The normalized spacial score (nSPS) is 13.8. The summed E-state index contributed by atoms with van der Waals surface area (Å²) in [5, 5.41) is 2.79. The maximum absolute atomic E-state index is 12.8. The van der Waals surface area contributed by atoms with E-state index in [2.05, 4.69) is 19.9 Å². The summed E-state index contributed by atoms with van der Waals surface area (Å²) < 4.78 is 28.1. The molecule has 1 aliphatic heterocycles. The topological polar surface area (TPSA) is 91.4 Å². The molecule has 1 saturated heterocycles. The van der Waals surface area contributed by atoms with Crippen molar-refractivity contribution in [1.29, 1.82) is 0 Å². The second-order valence-corrected chi connectivity index (χ2v) is 9.65. The van der Waals surface area contributed by atoms with E-state index < -0.39 is 15.9 Å². The van der Waals surface area contributed by atoms with E-state index in [0.29, 0.717) is 5.69 Å². The van der Waals surface area contributed by atoms with Gasteiger partial charge >= 0.3 is 0 Å². The van der Waals surface area contributed by atoms with E-state index in [1.165, 1.54) is 18.2 Å². The van der Waals surface area contributed by atoms with E-state index in [-0.39, 0.29) is 22.0 Å². The maximum Gasteiger partial charge on any atom is 0.255 e. The Morgan fingerprint density at radius 3 is 2.47 bits per heavy atom. The number of benzene rings is 2. The molecule has 1 amide bonds. The van der Waals surface area contributed by atoms with E-state index in [4.69, 9.17) is 11.6 Å². The highest BCUT2D eigenvalue weighted by Gasteiger charge is 2.20. The smallest absolute Gasteiger partial charge is 0.255 e. The molecule has 1 fully saturated rings. The summed E-state index contributed by atoms with van der Waals surface area (Å²) in [6.07, 6.45) is 3.91. The van der Waals surface area contributed by atoms with E-state index in [0.717, 1.165) is 37.3 Å². The second kappa shape index (κ2) is 9.68. The molecule has 1 aromatic heterocycles. The number of amides is 1. The van der Waals surface area contributed by atoms with Gasteiger partial charge in [0.2, 0.25) is 10.0 Å². The predicted molar refractivity (Wildman–Crippen MR) is 126 cm³/mol. The molecule has 0 saturated carbocycles. The number of pyridine rings is 1. The van der Waals surface area contributed by atoms with Crippen LogP contribution in [-0.2, 0) is 16.6 Å². The molecule has 32 heavy (non-hydrogen) atoms. The standard InChI is InChI=1S/C23H23ClN4O3S/c24-20-10-8-18(14-21(20)32(30,31)26-15-17-6-2-1-3-7-17)23(29)27-19-9-11-22(25-16-19)28-12-4-5-13-28/h1-3,6-11,14,16,26H,4-5,12-13,15H2,(H,27,29). The summed E-state index contributed by atoms with van der Waals surface area (Å²) in [6, 6.07) is 17.0. The van der Waals surface area contributed by atoms with Gasteiger partial charge in [-0.05, 0) is 48.7 Å². The van der Waals surface area contributed by atoms with Crippen LogP contribution in [0.2, 0.25) is 5.02 Å². The number of nitrogens with one attached hydrogen (secondary N) is 2. The van der Waals surface area contributed by atoms with E-state index in [1.807, 2.05) is 36.4 Å². The molecule has 0 aliphatic carbocycles. The van der Waals surface area contributed by atoms with Gasteiger partial charge in [-0.1, -0.05) is 41.9 Å². The van der Waals surface area contributed by atoms with Crippen LogP contribution in [0.3, 0.4) is 0 Å². The van der Waals surface area contributed by atoms with Gasteiger partial charge in [0.05, 0.1) is 16.9 Å². The highest BCUT2D eigenvalue weighted by molar-refractivity contribution is 7.89. The van der Waals surface area contributed by atoms with Crippen molar-refractivity contribution in [3.8, 4) is 0 Å². The SMILES string of the molecule is O=C(Nc1ccc(N2CCCC2)nc1)c1ccc(Cl)c(S(=O)(=O)NCc2ccccc2)c1. The van der Waals surface area contributed by atoms with E-state index in [9.17, 15) is 13.2 Å². The molecule has 2 aromatic carbocycles. The molecule has 4 rings (SSSR count). The van der Waals surface area contributed by atoms with Crippen molar-refractivity contribution < 1.29 is 13.2 Å².